The molecule has 1 N–H and O–H groups in total. The maximum absolute atomic E-state index is 13.3. The van der Waals surface area contributed by atoms with Gasteiger partial charge in [-0.2, -0.15) is 4.98 Å². The van der Waals surface area contributed by atoms with Crippen LogP contribution < -0.4 is 10.1 Å². The molecule has 2 aromatic heterocycles. The standard InChI is InChI=1S/C32H31N3O5/c1-6-38-26-16-27-24(28(30(37)33-5)29(40-27)20-12-10-19(2)11-13-20)15-23(26)21-8-7-9-22(14-21)25(36)17-32(3,4)31-34-18-39-35-31/h7-16,18H,6,17H2,1-5H3,(H,33,37). The van der Waals surface area contributed by atoms with Crippen molar-refractivity contribution in [2.24, 2.45) is 0 Å². The molecule has 0 saturated carbocycles. The van der Waals surface area contributed by atoms with Gasteiger partial charge in [-0.3, -0.25) is 9.59 Å². The molecule has 5 rings (SSSR count). The fourth-order valence-electron chi connectivity index (χ4n) is 4.79. The molecule has 0 unspecified atom stereocenters. The summed E-state index contributed by atoms with van der Waals surface area (Å²) in [5.74, 6) is 1.26. The molecule has 0 aliphatic rings. The quantitative estimate of drug-likeness (QED) is 0.207. The maximum atomic E-state index is 13.3. The number of aromatic nitrogens is 2. The fraction of sp³-hybridized carbons (Fsp3) is 0.250. The van der Waals surface area contributed by atoms with Gasteiger partial charge in [0, 0.05) is 47.0 Å². The van der Waals surface area contributed by atoms with Crippen molar-refractivity contribution in [1.29, 1.82) is 0 Å². The highest BCUT2D eigenvalue weighted by Crippen LogP contribution is 2.41. The van der Waals surface area contributed by atoms with E-state index in [1.165, 1.54) is 6.39 Å². The lowest BCUT2D eigenvalue weighted by molar-refractivity contribution is 0.0950. The summed E-state index contributed by atoms with van der Waals surface area (Å²) in [6.07, 6.45) is 1.47. The molecular weight excluding hydrogens is 506 g/mol. The lowest BCUT2D eigenvalue weighted by atomic mass is 9.84. The van der Waals surface area contributed by atoms with Crippen molar-refractivity contribution >= 4 is 22.7 Å². The summed E-state index contributed by atoms with van der Waals surface area (Å²) in [5, 5.41) is 7.32. The predicted molar refractivity (Wildman–Crippen MR) is 153 cm³/mol. The van der Waals surface area contributed by atoms with Crippen molar-refractivity contribution in [2.45, 2.75) is 39.5 Å². The minimum absolute atomic E-state index is 0.0493. The van der Waals surface area contributed by atoms with Crippen LogP contribution in [0.5, 0.6) is 5.75 Å². The lowest BCUT2D eigenvalue weighted by Crippen LogP contribution is -2.23. The zero-order valence-corrected chi connectivity index (χ0v) is 23.2. The first-order valence-electron chi connectivity index (χ1n) is 13.1. The van der Waals surface area contributed by atoms with Crippen LogP contribution >= 0.6 is 0 Å². The number of hydrogen-bond acceptors (Lipinski definition) is 7. The Kier molecular flexibility index (Phi) is 7.26. The number of ether oxygens (including phenoxy) is 1. The van der Waals surface area contributed by atoms with Gasteiger partial charge in [0.25, 0.3) is 5.91 Å². The highest BCUT2D eigenvalue weighted by molar-refractivity contribution is 6.12. The van der Waals surface area contributed by atoms with Crippen LogP contribution in [-0.4, -0.2) is 35.5 Å². The van der Waals surface area contributed by atoms with E-state index in [-0.39, 0.29) is 18.1 Å². The number of carbonyl (C=O) groups is 2. The second kappa shape index (κ2) is 10.8. The van der Waals surface area contributed by atoms with E-state index >= 15 is 0 Å². The van der Waals surface area contributed by atoms with Crippen LogP contribution in [0.25, 0.3) is 33.4 Å². The molecule has 8 heteroatoms. The maximum Gasteiger partial charge on any atom is 0.255 e. The molecule has 0 fully saturated rings. The largest absolute Gasteiger partial charge is 0.493 e. The van der Waals surface area contributed by atoms with Crippen LogP contribution in [0.4, 0.5) is 0 Å². The van der Waals surface area contributed by atoms with Crippen LogP contribution in [0.15, 0.2) is 76.0 Å². The molecule has 0 radical (unpaired) electrons. The van der Waals surface area contributed by atoms with Crippen molar-refractivity contribution in [3.05, 3.63) is 89.6 Å². The third-order valence-electron chi connectivity index (χ3n) is 6.92. The molecule has 0 atom stereocenters. The molecule has 3 aromatic carbocycles. The number of furan rings is 1. The zero-order chi connectivity index (χ0) is 28.4. The first-order chi connectivity index (χ1) is 19.2. The highest BCUT2D eigenvalue weighted by atomic mass is 16.5. The number of nitrogens with one attached hydrogen (secondary N) is 1. The molecule has 2 heterocycles. The van der Waals surface area contributed by atoms with Gasteiger partial charge in [-0.25, -0.2) is 0 Å². The second-order valence-corrected chi connectivity index (χ2v) is 10.3. The topological polar surface area (TPSA) is 107 Å². The number of amides is 1. The number of carbonyl (C=O) groups excluding carboxylic acids is 2. The Balaban J connectivity index is 1.61. The van der Waals surface area contributed by atoms with Gasteiger partial charge in [0.1, 0.15) is 17.1 Å². The van der Waals surface area contributed by atoms with Crippen LogP contribution in [0.2, 0.25) is 0 Å². The zero-order valence-electron chi connectivity index (χ0n) is 23.2. The fourth-order valence-corrected chi connectivity index (χ4v) is 4.79. The number of hydrogen-bond donors (Lipinski definition) is 1. The van der Waals surface area contributed by atoms with Crippen molar-refractivity contribution in [3.63, 3.8) is 0 Å². The highest BCUT2D eigenvalue weighted by Gasteiger charge is 2.29. The molecule has 0 bridgehead atoms. The van der Waals surface area contributed by atoms with E-state index in [1.807, 2.05) is 82.3 Å². The van der Waals surface area contributed by atoms with E-state index in [0.717, 1.165) is 22.3 Å². The van der Waals surface area contributed by atoms with Crippen LogP contribution in [0, 0.1) is 6.92 Å². The first kappa shape index (κ1) is 26.9. The van der Waals surface area contributed by atoms with Gasteiger partial charge < -0.3 is 19.0 Å². The summed E-state index contributed by atoms with van der Waals surface area (Å²) < 4.78 is 17.2. The Morgan fingerprint density at radius 3 is 2.48 bits per heavy atom. The average Bonchev–Trinajstić information content (AvgIpc) is 3.62. The van der Waals surface area contributed by atoms with Crippen molar-refractivity contribution < 1.29 is 23.3 Å². The molecule has 1 amide bonds. The number of rotatable bonds is 9. The summed E-state index contributed by atoms with van der Waals surface area (Å²) in [5.41, 5.74) is 4.39. The smallest absolute Gasteiger partial charge is 0.255 e. The predicted octanol–water partition coefficient (Wildman–Crippen LogP) is 6.77. The third-order valence-corrected chi connectivity index (χ3v) is 6.92. The Hall–Kier alpha value is -4.72. The van der Waals surface area contributed by atoms with E-state index in [1.54, 1.807) is 13.1 Å². The van der Waals surface area contributed by atoms with Gasteiger partial charge in [-0.1, -0.05) is 67.0 Å². The van der Waals surface area contributed by atoms with E-state index in [4.69, 9.17) is 13.7 Å². The number of fused-ring (bicyclic) bond motifs is 1. The molecule has 0 saturated heterocycles. The summed E-state index contributed by atoms with van der Waals surface area (Å²) >= 11 is 0. The average molecular weight is 538 g/mol. The van der Waals surface area contributed by atoms with Gasteiger partial charge in [0.2, 0.25) is 6.39 Å². The van der Waals surface area contributed by atoms with Gasteiger partial charge in [0.05, 0.1) is 12.2 Å². The number of nitrogens with zero attached hydrogens (tertiary/aromatic N) is 2. The summed E-state index contributed by atoms with van der Waals surface area (Å²) in [6.45, 7) is 8.17. The number of aryl methyl sites for hydroxylation is 1. The molecule has 0 aliphatic heterocycles. The normalized spacial score (nSPS) is 11.5. The Morgan fingerprint density at radius 2 is 1.80 bits per heavy atom. The minimum Gasteiger partial charge on any atom is -0.493 e. The Bertz CT molecular complexity index is 1680. The SMILES string of the molecule is CCOc1cc2oc(-c3ccc(C)cc3)c(C(=O)NC)c2cc1-c1cccc(C(=O)CC(C)(C)c2ncon2)c1. The molecule has 40 heavy (non-hydrogen) atoms. The Morgan fingerprint density at radius 1 is 1.02 bits per heavy atom. The summed E-state index contributed by atoms with van der Waals surface area (Å²) in [7, 11) is 1.60. The first-order valence-corrected chi connectivity index (χ1v) is 13.1. The molecule has 0 aliphatic carbocycles. The third kappa shape index (κ3) is 5.12. The lowest BCUT2D eigenvalue weighted by Gasteiger charge is -2.19. The van der Waals surface area contributed by atoms with Gasteiger partial charge in [0.15, 0.2) is 11.6 Å². The molecular formula is C32H31N3O5. The molecule has 5 aromatic rings. The van der Waals surface area contributed by atoms with E-state index < -0.39 is 5.41 Å². The van der Waals surface area contributed by atoms with Crippen molar-refractivity contribution in [1.82, 2.24) is 15.5 Å². The molecule has 204 valence electrons. The van der Waals surface area contributed by atoms with Gasteiger partial charge >= 0.3 is 0 Å². The molecule has 0 spiro atoms. The van der Waals surface area contributed by atoms with Gasteiger partial charge in [-0.05, 0) is 31.5 Å². The number of benzene rings is 3. The second-order valence-electron chi connectivity index (χ2n) is 10.3. The van der Waals surface area contributed by atoms with Crippen molar-refractivity contribution in [2.75, 3.05) is 13.7 Å². The molecule has 8 nitrogen and oxygen atoms in total. The monoisotopic (exact) mass is 537 g/mol. The van der Waals surface area contributed by atoms with Crippen molar-refractivity contribution in [3.8, 4) is 28.2 Å². The number of Topliss-reactive ketones (excluding diaryl/α,β-unsaturated/α-hetero) is 1. The van der Waals surface area contributed by atoms with Crippen LogP contribution in [-0.2, 0) is 5.41 Å². The van der Waals surface area contributed by atoms with E-state index in [2.05, 4.69) is 15.5 Å². The number of ketones is 1. The summed E-state index contributed by atoms with van der Waals surface area (Å²) in [6, 6.07) is 19.0. The van der Waals surface area contributed by atoms with Gasteiger partial charge in [-0.15, -0.1) is 0 Å². The van der Waals surface area contributed by atoms with Crippen LogP contribution in [0.1, 0.15) is 59.3 Å². The minimum atomic E-state index is -0.596. The van der Waals surface area contributed by atoms with E-state index in [9.17, 15) is 9.59 Å². The Labute approximate surface area is 232 Å². The van der Waals surface area contributed by atoms with E-state index in [0.29, 0.717) is 46.0 Å². The van der Waals surface area contributed by atoms with Crippen LogP contribution in [0.3, 0.4) is 0 Å². The summed E-state index contributed by atoms with van der Waals surface area (Å²) in [4.78, 5) is 30.6.